The van der Waals surface area contributed by atoms with Crippen LogP contribution in [0.25, 0.3) is 0 Å². The third-order valence-corrected chi connectivity index (χ3v) is 5.98. The molecular formula is C20H33N5O3S. The molecule has 1 aromatic rings. The van der Waals surface area contributed by atoms with E-state index in [1.165, 1.54) is 0 Å². The quantitative estimate of drug-likeness (QED) is 0.310. The maximum absolute atomic E-state index is 12.3. The Labute approximate surface area is 176 Å². The van der Waals surface area contributed by atoms with Gasteiger partial charge in [-0.15, -0.1) is 0 Å². The van der Waals surface area contributed by atoms with Crippen LogP contribution < -0.4 is 10.6 Å². The van der Waals surface area contributed by atoms with Crippen LogP contribution in [0.15, 0.2) is 35.3 Å². The number of hydrogen-bond donors (Lipinski definition) is 2. The molecule has 1 amide bonds. The fourth-order valence-electron chi connectivity index (χ4n) is 3.11. The molecule has 1 heterocycles. The molecule has 162 valence electrons. The molecule has 1 unspecified atom stereocenters. The van der Waals surface area contributed by atoms with Gasteiger partial charge in [0.2, 0.25) is 5.91 Å². The highest BCUT2D eigenvalue weighted by molar-refractivity contribution is 7.84. The highest BCUT2D eigenvalue weighted by Crippen LogP contribution is 2.04. The Morgan fingerprint density at radius 2 is 1.86 bits per heavy atom. The fraction of sp³-hybridized carbons (Fsp3) is 0.600. The van der Waals surface area contributed by atoms with E-state index in [2.05, 4.69) is 25.4 Å². The van der Waals surface area contributed by atoms with Gasteiger partial charge in [-0.25, -0.2) is 0 Å². The molecule has 1 atom stereocenters. The Kier molecular flexibility index (Phi) is 10.7. The van der Waals surface area contributed by atoms with Crippen LogP contribution in [0.2, 0.25) is 0 Å². The first kappa shape index (κ1) is 23.3. The summed E-state index contributed by atoms with van der Waals surface area (Å²) in [7, 11) is 2.47. The SMILES string of the molecule is CN=C(NCCS(=O)Cc1ccccc1)N1CCN(CC(=O)NCCOC)CC1. The monoisotopic (exact) mass is 423 g/mol. The largest absolute Gasteiger partial charge is 0.383 e. The van der Waals surface area contributed by atoms with E-state index in [0.29, 0.717) is 37.7 Å². The molecule has 0 radical (unpaired) electrons. The molecule has 0 aliphatic carbocycles. The Balaban J connectivity index is 1.65. The molecule has 1 aliphatic heterocycles. The van der Waals surface area contributed by atoms with Gasteiger partial charge in [0, 0.05) is 75.7 Å². The molecule has 9 heteroatoms. The second-order valence-corrected chi connectivity index (χ2v) is 8.43. The third kappa shape index (κ3) is 8.93. The second kappa shape index (κ2) is 13.3. The lowest BCUT2D eigenvalue weighted by atomic mass is 10.2. The van der Waals surface area contributed by atoms with E-state index >= 15 is 0 Å². The van der Waals surface area contributed by atoms with Crippen LogP contribution in [0.5, 0.6) is 0 Å². The number of carbonyl (C=O) groups is 1. The number of amides is 1. The van der Waals surface area contributed by atoms with Crippen molar-refractivity contribution in [2.45, 2.75) is 5.75 Å². The molecule has 0 saturated carbocycles. The lowest BCUT2D eigenvalue weighted by Gasteiger charge is -2.36. The first-order valence-electron chi connectivity index (χ1n) is 9.95. The van der Waals surface area contributed by atoms with Crippen LogP contribution in [0, 0.1) is 0 Å². The summed E-state index contributed by atoms with van der Waals surface area (Å²) in [4.78, 5) is 20.6. The van der Waals surface area contributed by atoms with Gasteiger partial charge in [0.05, 0.1) is 13.2 Å². The van der Waals surface area contributed by atoms with Gasteiger partial charge >= 0.3 is 0 Å². The van der Waals surface area contributed by atoms with Crippen LogP contribution in [-0.4, -0.2) is 98.2 Å². The molecule has 0 spiro atoms. The lowest BCUT2D eigenvalue weighted by Crippen LogP contribution is -2.54. The molecule has 8 nitrogen and oxygen atoms in total. The number of piperazine rings is 1. The number of benzene rings is 1. The highest BCUT2D eigenvalue weighted by atomic mass is 32.2. The van der Waals surface area contributed by atoms with Gasteiger partial charge < -0.3 is 20.3 Å². The molecule has 29 heavy (non-hydrogen) atoms. The van der Waals surface area contributed by atoms with Crippen LogP contribution in [0.4, 0.5) is 0 Å². The standard InChI is InChI=1S/C20H33N5O3S/c1-21-20(23-9-15-29(27)17-18-6-4-3-5-7-18)25-12-10-24(11-13-25)16-19(26)22-8-14-28-2/h3-7H,8-17H2,1-2H3,(H,21,23)(H,22,26). The zero-order valence-electron chi connectivity index (χ0n) is 17.4. The minimum Gasteiger partial charge on any atom is -0.383 e. The van der Waals surface area contributed by atoms with E-state index in [-0.39, 0.29) is 5.91 Å². The van der Waals surface area contributed by atoms with E-state index in [0.717, 1.165) is 37.7 Å². The number of aliphatic imine (C=N–C) groups is 1. The molecule has 1 fully saturated rings. The van der Waals surface area contributed by atoms with E-state index in [1.54, 1.807) is 14.2 Å². The van der Waals surface area contributed by atoms with Crippen molar-refractivity contribution in [3.63, 3.8) is 0 Å². The van der Waals surface area contributed by atoms with Crippen LogP contribution >= 0.6 is 0 Å². The Bertz CT molecular complexity index is 663. The number of rotatable bonds is 10. The molecule has 1 saturated heterocycles. The predicted octanol–water partition coefficient (Wildman–Crippen LogP) is -0.109. The molecule has 1 aliphatic rings. The normalized spacial score (nSPS) is 16.5. The van der Waals surface area contributed by atoms with E-state index in [1.807, 2.05) is 30.3 Å². The number of guanidine groups is 1. The maximum atomic E-state index is 12.3. The predicted molar refractivity (Wildman–Crippen MR) is 117 cm³/mol. The summed E-state index contributed by atoms with van der Waals surface area (Å²) in [5.74, 6) is 2.01. The topological polar surface area (TPSA) is 86.3 Å². The van der Waals surface area contributed by atoms with Crippen molar-refractivity contribution in [2.24, 2.45) is 4.99 Å². The van der Waals surface area contributed by atoms with Crippen LogP contribution in [0.3, 0.4) is 0 Å². The highest BCUT2D eigenvalue weighted by Gasteiger charge is 2.21. The number of nitrogens with one attached hydrogen (secondary N) is 2. The molecule has 2 rings (SSSR count). The first-order chi connectivity index (χ1) is 14.1. The van der Waals surface area contributed by atoms with Crippen LogP contribution in [0.1, 0.15) is 5.56 Å². The summed E-state index contributed by atoms with van der Waals surface area (Å²) in [6.07, 6.45) is 0. The first-order valence-corrected chi connectivity index (χ1v) is 11.4. The molecule has 1 aromatic carbocycles. The number of hydrogen-bond acceptors (Lipinski definition) is 5. The van der Waals surface area contributed by atoms with Gasteiger partial charge in [0.1, 0.15) is 0 Å². The fourth-order valence-corrected chi connectivity index (χ4v) is 4.15. The van der Waals surface area contributed by atoms with Crippen molar-refractivity contribution in [1.82, 2.24) is 20.4 Å². The number of methoxy groups -OCH3 is 1. The Hall–Kier alpha value is -1.97. The van der Waals surface area contributed by atoms with Crippen LogP contribution in [-0.2, 0) is 26.1 Å². The Morgan fingerprint density at radius 1 is 1.14 bits per heavy atom. The molecular weight excluding hydrogens is 390 g/mol. The van der Waals surface area contributed by atoms with Crippen molar-refractivity contribution >= 4 is 22.7 Å². The summed E-state index contributed by atoms with van der Waals surface area (Å²) >= 11 is 0. The maximum Gasteiger partial charge on any atom is 0.234 e. The number of ether oxygens (including phenoxy) is 1. The average Bonchev–Trinajstić information content (AvgIpc) is 2.73. The summed E-state index contributed by atoms with van der Waals surface area (Å²) < 4.78 is 17.2. The Morgan fingerprint density at radius 3 is 2.52 bits per heavy atom. The van der Waals surface area contributed by atoms with E-state index in [9.17, 15) is 9.00 Å². The summed E-state index contributed by atoms with van der Waals surface area (Å²) in [6.45, 7) is 5.30. The second-order valence-electron chi connectivity index (χ2n) is 6.85. The molecule has 0 bridgehead atoms. The zero-order chi connectivity index (χ0) is 20.9. The van der Waals surface area contributed by atoms with Crippen molar-refractivity contribution in [2.75, 3.05) is 72.3 Å². The van der Waals surface area contributed by atoms with Gasteiger partial charge in [-0.3, -0.25) is 18.9 Å². The third-order valence-electron chi connectivity index (χ3n) is 4.66. The van der Waals surface area contributed by atoms with Gasteiger partial charge in [0.15, 0.2) is 5.96 Å². The average molecular weight is 424 g/mol. The minimum atomic E-state index is -0.908. The lowest BCUT2D eigenvalue weighted by molar-refractivity contribution is -0.122. The number of carbonyl (C=O) groups excluding carboxylic acids is 1. The van der Waals surface area contributed by atoms with Crippen molar-refractivity contribution < 1.29 is 13.7 Å². The van der Waals surface area contributed by atoms with E-state index < -0.39 is 10.8 Å². The van der Waals surface area contributed by atoms with Gasteiger partial charge in [-0.05, 0) is 5.56 Å². The zero-order valence-corrected chi connectivity index (χ0v) is 18.2. The van der Waals surface area contributed by atoms with Gasteiger partial charge in [-0.1, -0.05) is 30.3 Å². The minimum absolute atomic E-state index is 0.0268. The summed E-state index contributed by atoms with van der Waals surface area (Å²) in [5.41, 5.74) is 1.09. The van der Waals surface area contributed by atoms with Gasteiger partial charge in [0.25, 0.3) is 0 Å². The summed E-state index contributed by atoms with van der Waals surface area (Å²) in [6, 6.07) is 9.90. The van der Waals surface area contributed by atoms with Crippen molar-refractivity contribution in [3.05, 3.63) is 35.9 Å². The smallest absolute Gasteiger partial charge is 0.234 e. The van der Waals surface area contributed by atoms with Crippen molar-refractivity contribution in [3.8, 4) is 0 Å². The summed E-state index contributed by atoms with van der Waals surface area (Å²) in [5, 5.41) is 6.16. The van der Waals surface area contributed by atoms with Crippen molar-refractivity contribution in [1.29, 1.82) is 0 Å². The molecule has 0 aromatic heterocycles. The van der Waals surface area contributed by atoms with E-state index in [4.69, 9.17) is 4.74 Å². The van der Waals surface area contributed by atoms with Gasteiger partial charge in [-0.2, -0.15) is 0 Å². The molecule has 2 N–H and O–H groups in total. The number of nitrogens with zero attached hydrogens (tertiary/aromatic N) is 3.